The number of anilines is 1. The summed E-state index contributed by atoms with van der Waals surface area (Å²) >= 11 is 0. The number of fused-ring (bicyclic) bond motifs is 1. The van der Waals surface area contributed by atoms with Crippen LogP contribution in [0.5, 0.6) is 11.5 Å². The summed E-state index contributed by atoms with van der Waals surface area (Å²) in [7, 11) is 0. The van der Waals surface area contributed by atoms with Crippen molar-refractivity contribution < 1.29 is 9.47 Å². The molecule has 2 aromatic rings. The molecule has 0 saturated heterocycles. The van der Waals surface area contributed by atoms with Crippen LogP contribution in [-0.4, -0.2) is 6.79 Å². The zero-order valence-corrected chi connectivity index (χ0v) is 10.6. The molecular weight excluding hydrogens is 240 g/mol. The molecule has 0 aliphatic carbocycles. The summed E-state index contributed by atoms with van der Waals surface area (Å²) in [6.45, 7) is 1.83. The standard InChI is InChI=1S/C15H16N2O2/c16-13-4-2-1-3-12(13)9-17-8-11-5-6-14-15(7-11)19-10-18-14/h1-7,17H,8-10,16H2. The number of benzene rings is 2. The van der Waals surface area contributed by atoms with E-state index >= 15 is 0 Å². The third kappa shape index (κ3) is 2.63. The first-order valence-corrected chi connectivity index (χ1v) is 6.25. The van der Waals surface area contributed by atoms with E-state index in [9.17, 15) is 0 Å². The molecular formula is C15H16N2O2. The number of hydrogen-bond donors (Lipinski definition) is 2. The minimum atomic E-state index is 0.312. The van der Waals surface area contributed by atoms with Crippen molar-refractivity contribution in [1.29, 1.82) is 0 Å². The molecule has 0 amide bonds. The van der Waals surface area contributed by atoms with Crippen molar-refractivity contribution in [1.82, 2.24) is 5.32 Å². The van der Waals surface area contributed by atoms with Crippen LogP contribution >= 0.6 is 0 Å². The molecule has 0 unspecified atom stereocenters. The van der Waals surface area contributed by atoms with Gasteiger partial charge in [0, 0.05) is 18.8 Å². The summed E-state index contributed by atoms with van der Waals surface area (Å²) in [5.74, 6) is 1.63. The fourth-order valence-corrected chi connectivity index (χ4v) is 2.09. The molecule has 19 heavy (non-hydrogen) atoms. The normalized spacial score (nSPS) is 12.6. The van der Waals surface area contributed by atoms with Crippen LogP contribution in [0, 0.1) is 0 Å². The maximum Gasteiger partial charge on any atom is 0.231 e. The number of ether oxygens (including phenoxy) is 2. The van der Waals surface area contributed by atoms with Gasteiger partial charge in [0.05, 0.1) is 0 Å². The molecule has 0 bridgehead atoms. The van der Waals surface area contributed by atoms with Crippen molar-refractivity contribution in [2.75, 3.05) is 12.5 Å². The van der Waals surface area contributed by atoms with E-state index in [4.69, 9.17) is 15.2 Å². The van der Waals surface area contributed by atoms with Gasteiger partial charge in [-0.15, -0.1) is 0 Å². The topological polar surface area (TPSA) is 56.5 Å². The van der Waals surface area contributed by atoms with Gasteiger partial charge in [0.1, 0.15) is 0 Å². The molecule has 0 atom stereocenters. The third-order valence-electron chi connectivity index (χ3n) is 3.14. The minimum absolute atomic E-state index is 0.312. The summed E-state index contributed by atoms with van der Waals surface area (Å²) in [5, 5.41) is 3.37. The van der Waals surface area contributed by atoms with Gasteiger partial charge in [0.15, 0.2) is 11.5 Å². The van der Waals surface area contributed by atoms with Gasteiger partial charge < -0.3 is 20.5 Å². The Morgan fingerprint density at radius 2 is 1.84 bits per heavy atom. The fourth-order valence-electron chi connectivity index (χ4n) is 2.09. The van der Waals surface area contributed by atoms with E-state index in [1.807, 2.05) is 42.5 Å². The highest BCUT2D eigenvalue weighted by Gasteiger charge is 2.12. The molecule has 0 saturated carbocycles. The van der Waals surface area contributed by atoms with Gasteiger partial charge in [-0.05, 0) is 29.3 Å². The van der Waals surface area contributed by atoms with Crippen LogP contribution in [0.1, 0.15) is 11.1 Å². The molecule has 4 nitrogen and oxygen atoms in total. The Morgan fingerprint density at radius 1 is 1.00 bits per heavy atom. The molecule has 1 aliphatic rings. The number of para-hydroxylation sites is 1. The fraction of sp³-hybridized carbons (Fsp3) is 0.200. The smallest absolute Gasteiger partial charge is 0.231 e. The Balaban J connectivity index is 1.59. The van der Waals surface area contributed by atoms with Gasteiger partial charge in [-0.25, -0.2) is 0 Å². The average Bonchev–Trinajstić information content (AvgIpc) is 2.88. The maximum atomic E-state index is 5.90. The van der Waals surface area contributed by atoms with E-state index in [1.165, 1.54) is 5.56 Å². The van der Waals surface area contributed by atoms with Crippen LogP contribution in [0.3, 0.4) is 0 Å². The Morgan fingerprint density at radius 3 is 2.74 bits per heavy atom. The van der Waals surface area contributed by atoms with E-state index < -0.39 is 0 Å². The summed E-state index contributed by atoms with van der Waals surface area (Å²) < 4.78 is 10.6. The number of nitrogens with two attached hydrogens (primary N) is 1. The second-order valence-corrected chi connectivity index (χ2v) is 4.49. The highest BCUT2D eigenvalue weighted by atomic mass is 16.7. The highest BCUT2D eigenvalue weighted by molar-refractivity contribution is 5.46. The lowest BCUT2D eigenvalue weighted by atomic mass is 10.1. The van der Waals surface area contributed by atoms with Gasteiger partial charge in [-0.3, -0.25) is 0 Å². The van der Waals surface area contributed by atoms with E-state index in [1.54, 1.807) is 0 Å². The predicted molar refractivity (Wildman–Crippen MR) is 74.0 cm³/mol. The molecule has 1 aliphatic heterocycles. The van der Waals surface area contributed by atoms with E-state index in [0.717, 1.165) is 35.8 Å². The molecule has 0 aromatic heterocycles. The van der Waals surface area contributed by atoms with Gasteiger partial charge in [-0.2, -0.15) is 0 Å². The third-order valence-corrected chi connectivity index (χ3v) is 3.14. The second kappa shape index (κ2) is 5.20. The van der Waals surface area contributed by atoms with E-state index in [0.29, 0.717) is 6.79 Å². The monoisotopic (exact) mass is 256 g/mol. The van der Waals surface area contributed by atoms with Crippen LogP contribution in [0.15, 0.2) is 42.5 Å². The van der Waals surface area contributed by atoms with Crippen molar-refractivity contribution in [2.24, 2.45) is 0 Å². The van der Waals surface area contributed by atoms with Crippen LogP contribution in [0.4, 0.5) is 5.69 Å². The van der Waals surface area contributed by atoms with Gasteiger partial charge >= 0.3 is 0 Å². The zero-order chi connectivity index (χ0) is 13.1. The lowest BCUT2D eigenvalue weighted by Crippen LogP contribution is -2.13. The predicted octanol–water partition coefficient (Wildman–Crippen LogP) is 2.29. The Hall–Kier alpha value is -2.20. The first-order chi connectivity index (χ1) is 9.33. The van der Waals surface area contributed by atoms with Gasteiger partial charge in [0.25, 0.3) is 0 Å². The van der Waals surface area contributed by atoms with Crippen molar-refractivity contribution in [2.45, 2.75) is 13.1 Å². The molecule has 0 spiro atoms. The lowest BCUT2D eigenvalue weighted by Gasteiger charge is -2.08. The molecule has 0 fully saturated rings. The molecule has 4 heteroatoms. The summed E-state index contributed by atoms with van der Waals surface area (Å²) in [6, 6.07) is 13.9. The van der Waals surface area contributed by atoms with Crippen LogP contribution in [-0.2, 0) is 13.1 Å². The summed E-state index contributed by atoms with van der Waals surface area (Å²) in [6.07, 6.45) is 0. The highest BCUT2D eigenvalue weighted by Crippen LogP contribution is 2.32. The van der Waals surface area contributed by atoms with Gasteiger partial charge in [0.2, 0.25) is 6.79 Å². The molecule has 3 N–H and O–H groups in total. The number of nitrogen functional groups attached to an aromatic ring is 1. The van der Waals surface area contributed by atoms with E-state index in [-0.39, 0.29) is 0 Å². The molecule has 0 radical (unpaired) electrons. The summed E-state index contributed by atoms with van der Waals surface area (Å²) in [4.78, 5) is 0. The average molecular weight is 256 g/mol. The first-order valence-electron chi connectivity index (χ1n) is 6.25. The van der Waals surface area contributed by atoms with Crippen molar-refractivity contribution in [3.05, 3.63) is 53.6 Å². The Bertz CT molecular complexity index is 584. The number of nitrogens with one attached hydrogen (secondary N) is 1. The zero-order valence-electron chi connectivity index (χ0n) is 10.6. The molecule has 2 aromatic carbocycles. The first kappa shape index (κ1) is 11.9. The van der Waals surface area contributed by atoms with Crippen LogP contribution in [0.2, 0.25) is 0 Å². The lowest BCUT2D eigenvalue weighted by molar-refractivity contribution is 0.174. The van der Waals surface area contributed by atoms with Crippen molar-refractivity contribution >= 4 is 5.69 Å². The SMILES string of the molecule is Nc1ccccc1CNCc1ccc2c(c1)OCO2. The minimum Gasteiger partial charge on any atom is -0.454 e. The number of hydrogen-bond acceptors (Lipinski definition) is 4. The Kier molecular flexibility index (Phi) is 3.25. The second-order valence-electron chi connectivity index (χ2n) is 4.49. The van der Waals surface area contributed by atoms with Crippen molar-refractivity contribution in [3.8, 4) is 11.5 Å². The van der Waals surface area contributed by atoms with Crippen molar-refractivity contribution in [3.63, 3.8) is 0 Å². The number of rotatable bonds is 4. The largest absolute Gasteiger partial charge is 0.454 e. The molecule has 1 heterocycles. The van der Waals surface area contributed by atoms with Crippen LogP contribution in [0.25, 0.3) is 0 Å². The van der Waals surface area contributed by atoms with Gasteiger partial charge in [-0.1, -0.05) is 24.3 Å². The van der Waals surface area contributed by atoms with E-state index in [2.05, 4.69) is 5.32 Å². The van der Waals surface area contributed by atoms with Crippen LogP contribution < -0.4 is 20.5 Å². The summed E-state index contributed by atoms with van der Waals surface area (Å²) in [5.41, 5.74) is 9.00. The Labute approximate surface area is 112 Å². The quantitative estimate of drug-likeness (QED) is 0.824. The molecule has 98 valence electrons. The maximum absolute atomic E-state index is 5.90. The molecule has 3 rings (SSSR count).